The number of H-pyrrole nitrogens is 1. The van der Waals surface area contributed by atoms with Gasteiger partial charge in [0, 0.05) is 18.0 Å². The van der Waals surface area contributed by atoms with E-state index in [1.807, 2.05) is 4.72 Å². The molecule has 0 aliphatic heterocycles. The third-order valence-corrected chi connectivity index (χ3v) is 5.58. The molecule has 0 unspecified atom stereocenters. The van der Waals surface area contributed by atoms with Gasteiger partial charge in [0.2, 0.25) is 21.5 Å². The van der Waals surface area contributed by atoms with E-state index in [9.17, 15) is 22.0 Å². The van der Waals surface area contributed by atoms with Gasteiger partial charge >= 0.3 is 0 Å². The Kier molecular flexibility index (Phi) is 5.61. The second-order valence-electron chi connectivity index (χ2n) is 6.35. The molecule has 0 bridgehead atoms. The molecule has 0 spiro atoms. The van der Waals surface area contributed by atoms with Crippen LogP contribution in [0.2, 0.25) is 0 Å². The molecule has 0 amide bonds. The minimum absolute atomic E-state index is 0.234. The highest BCUT2D eigenvalue weighted by atomic mass is 32.2. The summed E-state index contributed by atoms with van der Waals surface area (Å²) in [5.74, 6) is -3.17. The van der Waals surface area contributed by atoms with Crippen LogP contribution in [0, 0.1) is 18.2 Å². The number of benzene rings is 1. The van der Waals surface area contributed by atoms with Gasteiger partial charge in [0.15, 0.2) is 11.6 Å². The van der Waals surface area contributed by atoms with Crippen molar-refractivity contribution in [3.8, 4) is 0 Å². The topological polar surface area (TPSA) is 96.3 Å². The number of anilines is 1. The Morgan fingerprint density at radius 3 is 2.76 bits per heavy atom. The predicted molar refractivity (Wildman–Crippen MR) is 104 cm³/mol. The van der Waals surface area contributed by atoms with Crippen LogP contribution >= 0.6 is 0 Å². The number of aromatic nitrogens is 2. The molecule has 3 rings (SSSR count). The van der Waals surface area contributed by atoms with E-state index in [1.165, 1.54) is 6.20 Å². The molecule has 0 aliphatic rings. The Labute approximate surface area is 165 Å². The smallest absolute Gasteiger partial charge is 0.232 e. The van der Waals surface area contributed by atoms with Crippen LogP contribution in [0.4, 0.5) is 20.3 Å². The lowest BCUT2D eigenvalue weighted by Gasteiger charge is -2.11. The van der Waals surface area contributed by atoms with Crippen molar-refractivity contribution < 1.29 is 22.0 Å². The number of fused-ring (bicyclic) bond motifs is 1. The van der Waals surface area contributed by atoms with Crippen LogP contribution < -0.4 is 4.72 Å². The first kappa shape index (κ1) is 20.4. The van der Waals surface area contributed by atoms with Crippen LogP contribution in [-0.2, 0) is 16.4 Å². The molecule has 0 radical (unpaired) electrons. The lowest BCUT2D eigenvalue weighted by molar-refractivity contribution is 0.0985. The van der Waals surface area contributed by atoms with Crippen LogP contribution in [0.5, 0.6) is 0 Å². The molecule has 2 aromatic heterocycles. The zero-order valence-electron chi connectivity index (χ0n) is 15.3. The summed E-state index contributed by atoms with van der Waals surface area (Å²) in [7, 11) is -3.81. The first-order chi connectivity index (χ1) is 13.7. The third-order valence-electron chi connectivity index (χ3n) is 4.11. The van der Waals surface area contributed by atoms with Crippen molar-refractivity contribution in [2.45, 2.75) is 19.8 Å². The molecule has 0 fully saturated rings. The number of pyridine rings is 1. The predicted octanol–water partition coefficient (Wildman–Crippen LogP) is 3.97. The summed E-state index contributed by atoms with van der Waals surface area (Å²) in [5, 5.41) is 0.586. The quantitative estimate of drug-likeness (QED) is 0.448. The van der Waals surface area contributed by atoms with Gasteiger partial charge in [-0.3, -0.25) is 14.5 Å². The second-order valence-corrected chi connectivity index (χ2v) is 8.19. The van der Waals surface area contributed by atoms with E-state index in [0.29, 0.717) is 23.0 Å². The third kappa shape index (κ3) is 4.41. The molecule has 0 saturated heterocycles. The molecule has 2 N–H and O–H groups in total. The number of nitrogens with one attached hydrogen (secondary N) is 2. The molecule has 150 valence electrons. The van der Waals surface area contributed by atoms with E-state index in [2.05, 4.69) is 14.8 Å². The van der Waals surface area contributed by atoms with Gasteiger partial charge in [0.25, 0.3) is 0 Å². The zero-order valence-corrected chi connectivity index (χ0v) is 16.1. The Hall–Kier alpha value is -3.32. The second kappa shape index (κ2) is 7.97. The maximum atomic E-state index is 14.7. The van der Waals surface area contributed by atoms with Gasteiger partial charge in [-0.2, -0.15) is 0 Å². The van der Waals surface area contributed by atoms with Crippen molar-refractivity contribution in [3.05, 3.63) is 64.6 Å². The van der Waals surface area contributed by atoms with E-state index in [1.54, 1.807) is 19.1 Å². The van der Waals surface area contributed by atoms with Crippen LogP contribution in [-0.4, -0.2) is 29.9 Å². The fourth-order valence-electron chi connectivity index (χ4n) is 2.85. The highest BCUT2D eigenvalue weighted by molar-refractivity contribution is 7.92. The van der Waals surface area contributed by atoms with Crippen LogP contribution in [0.1, 0.15) is 29.3 Å². The number of carbonyl (C=O) groups is 1. The fourth-order valence-corrected chi connectivity index (χ4v) is 3.98. The largest absolute Gasteiger partial charge is 0.364 e. The molecule has 7 nitrogen and oxygen atoms in total. The van der Waals surface area contributed by atoms with Crippen molar-refractivity contribution in [1.29, 1.82) is 0 Å². The highest BCUT2D eigenvalue weighted by Crippen LogP contribution is 2.25. The Morgan fingerprint density at radius 1 is 1.31 bits per heavy atom. The van der Waals surface area contributed by atoms with Gasteiger partial charge in [0.05, 0.1) is 17.0 Å². The number of hydrogen-bond donors (Lipinski definition) is 2. The summed E-state index contributed by atoms with van der Waals surface area (Å²) in [6, 6.07) is 4.92. The maximum absolute atomic E-state index is 14.7. The summed E-state index contributed by atoms with van der Waals surface area (Å²) in [4.78, 5) is 22.7. The molecule has 3 aromatic rings. The molecule has 0 atom stereocenters. The van der Waals surface area contributed by atoms with Crippen molar-refractivity contribution in [3.63, 3.8) is 0 Å². The SMILES string of the molecule is [C-]#[N+]c1cc2cc(CC(=O)c3c(F)ccc(NS(=O)(=O)CCC)c3F)cnc2[nH]1. The van der Waals surface area contributed by atoms with Gasteiger partial charge in [0.1, 0.15) is 5.82 Å². The fraction of sp³-hybridized carbons (Fsp3) is 0.211. The average Bonchev–Trinajstić information content (AvgIpc) is 3.06. The zero-order chi connectivity index (χ0) is 21.2. The van der Waals surface area contributed by atoms with E-state index in [-0.39, 0.29) is 18.0 Å². The number of sulfonamides is 1. The van der Waals surface area contributed by atoms with Crippen molar-refractivity contribution in [2.75, 3.05) is 10.5 Å². The van der Waals surface area contributed by atoms with E-state index < -0.39 is 38.7 Å². The number of carbonyl (C=O) groups excluding carboxylic acids is 1. The van der Waals surface area contributed by atoms with Crippen LogP contribution in [0.25, 0.3) is 15.9 Å². The number of rotatable bonds is 7. The standard InChI is InChI=1S/C19H16F2N4O3S/c1-3-6-29(27,28)25-14-5-4-13(20)17(18(14)21)15(26)8-11-7-12-9-16(22-2)24-19(12)23-10-11/h4-5,7,9-10,25H,3,6,8H2,1H3,(H,23,24). The number of nitrogens with zero attached hydrogens (tertiary/aromatic N) is 2. The number of halogens is 2. The number of Topliss-reactive ketones (excluding diaryl/α,β-unsaturated/α-hetero) is 1. The van der Waals surface area contributed by atoms with Gasteiger partial charge in [-0.05, 0) is 36.2 Å². The molecule has 0 saturated carbocycles. The first-order valence-electron chi connectivity index (χ1n) is 8.61. The van der Waals surface area contributed by atoms with E-state index in [4.69, 9.17) is 6.57 Å². The first-order valence-corrected chi connectivity index (χ1v) is 10.3. The molecule has 1 aromatic carbocycles. The number of ketones is 1. The molecule has 0 aliphatic carbocycles. The monoisotopic (exact) mass is 418 g/mol. The van der Waals surface area contributed by atoms with Gasteiger partial charge in [-0.15, -0.1) is 0 Å². The summed E-state index contributed by atoms with van der Waals surface area (Å²) in [6.07, 6.45) is 1.34. The van der Waals surface area contributed by atoms with E-state index in [0.717, 1.165) is 12.1 Å². The molecule has 10 heteroatoms. The number of aromatic amines is 1. The summed E-state index contributed by atoms with van der Waals surface area (Å²) in [6.45, 7) is 8.64. The van der Waals surface area contributed by atoms with Crippen LogP contribution in [0.3, 0.4) is 0 Å². The highest BCUT2D eigenvalue weighted by Gasteiger charge is 2.23. The van der Waals surface area contributed by atoms with E-state index >= 15 is 0 Å². The Morgan fingerprint density at radius 2 is 2.07 bits per heavy atom. The van der Waals surface area contributed by atoms with Crippen molar-refractivity contribution in [2.24, 2.45) is 0 Å². The minimum Gasteiger partial charge on any atom is -0.364 e. The van der Waals surface area contributed by atoms with Gasteiger partial charge in [-0.1, -0.05) is 13.5 Å². The molecule has 2 heterocycles. The summed E-state index contributed by atoms with van der Waals surface area (Å²) < 4.78 is 54.7. The van der Waals surface area contributed by atoms with Crippen molar-refractivity contribution in [1.82, 2.24) is 9.97 Å². The lowest BCUT2D eigenvalue weighted by atomic mass is 10.0. The van der Waals surface area contributed by atoms with Gasteiger partial charge < -0.3 is 4.85 Å². The summed E-state index contributed by atoms with van der Waals surface area (Å²) in [5.41, 5.74) is -0.451. The lowest BCUT2D eigenvalue weighted by Crippen LogP contribution is -2.19. The minimum atomic E-state index is -3.81. The molecular weight excluding hydrogens is 402 g/mol. The molecule has 29 heavy (non-hydrogen) atoms. The van der Waals surface area contributed by atoms with Crippen LogP contribution in [0.15, 0.2) is 30.5 Å². The molecular formula is C19H16F2N4O3S. The Bertz CT molecular complexity index is 1250. The Balaban J connectivity index is 1.90. The maximum Gasteiger partial charge on any atom is 0.232 e. The average molecular weight is 418 g/mol. The normalized spacial score (nSPS) is 11.4. The van der Waals surface area contributed by atoms with Crippen molar-refractivity contribution >= 4 is 38.3 Å². The number of hydrogen-bond acceptors (Lipinski definition) is 4. The summed E-state index contributed by atoms with van der Waals surface area (Å²) >= 11 is 0. The van der Waals surface area contributed by atoms with Gasteiger partial charge in [-0.25, -0.2) is 22.2 Å².